The van der Waals surface area contributed by atoms with Crippen LogP contribution in [-0.2, 0) is 0 Å². The molecule has 2 aromatic rings. The van der Waals surface area contributed by atoms with Gasteiger partial charge in [-0.15, -0.1) is 0 Å². The first-order valence-electron chi connectivity index (χ1n) is 10.5. The fourth-order valence-electron chi connectivity index (χ4n) is 4.61. The first-order chi connectivity index (χ1) is 14.6. The van der Waals surface area contributed by atoms with E-state index in [1.165, 1.54) is 11.8 Å². The summed E-state index contributed by atoms with van der Waals surface area (Å²) in [6.45, 7) is 4.52. The lowest BCUT2D eigenvalue weighted by Gasteiger charge is -2.33. The van der Waals surface area contributed by atoms with Crippen LogP contribution in [0.3, 0.4) is 0 Å². The molecule has 158 valence electrons. The van der Waals surface area contributed by atoms with E-state index in [0.717, 1.165) is 30.6 Å². The van der Waals surface area contributed by atoms with Crippen LogP contribution in [0.4, 0.5) is 5.82 Å². The molecule has 2 aliphatic rings. The second-order valence-corrected chi connectivity index (χ2v) is 8.31. The Labute approximate surface area is 177 Å². The molecule has 0 bridgehead atoms. The Bertz CT molecular complexity index is 901. The van der Waals surface area contributed by atoms with Gasteiger partial charge in [-0.25, -0.2) is 20.8 Å². The van der Waals surface area contributed by atoms with Gasteiger partial charge in [-0.2, -0.15) is 5.26 Å². The maximum atomic E-state index is 8.84. The summed E-state index contributed by atoms with van der Waals surface area (Å²) in [6, 6.07) is 9.80. The van der Waals surface area contributed by atoms with Gasteiger partial charge in [0, 0.05) is 24.1 Å². The van der Waals surface area contributed by atoms with E-state index in [0.29, 0.717) is 29.5 Å². The highest BCUT2D eigenvalue weighted by Gasteiger charge is 2.29. The van der Waals surface area contributed by atoms with E-state index < -0.39 is 0 Å². The summed E-state index contributed by atoms with van der Waals surface area (Å²) in [5.41, 5.74) is 9.41. The largest absolute Gasteiger partial charge is 0.496 e. The molecular weight excluding hydrogens is 378 g/mol. The fraction of sp³-hybridized carbons (Fsp3) is 0.500. The minimum Gasteiger partial charge on any atom is -0.496 e. The standard InChI is InChI=1S/C22H29N7O/c1-13-6-16(7-14(2)26-13)15-4-5-18(20(8-15)30-3)19-9-21(29-28-19)27-22-12-24-17(10-23)11-25-22/h4-5,8,11-14,16,19,21,26,28-29H,6-7,9H2,1-3H3,(H,25,27)/t13-,14-,19?,21?/m0/s1. The van der Waals surface area contributed by atoms with Gasteiger partial charge in [0.15, 0.2) is 5.69 Å². The average Bonchev–Trinajstić information content (AvgIpc) is 3.21. The summed E-state index contributed by atoms with van der Waals surface area (Å²) < 4.78 is 5.77. The highest BCUT2D eigenvalue weighted by atomic mass is 16.5. The van der Waals surface area contributed by atoms with Gasteiger partial charge >= 0.3 is 0 Å². The fourth-order valence-corrected chi connectivity index (χ4v) is 4.61. The molecule has 2 saturated heterocycles. The Morgan fingerprint density at radius 1 is 1.10 bits per heavy atom. The third-order valence-corrected chi connectivity index (χ3v) is 5.94. The number of ether oxygens (including phenoxy) is 1. The van der Waals surface area contributed by atoms with Gasteiger partial charge < -0.3 is 15.4 Å². The number of nitrogens with zero attached hydrogens (tertiary/aromatic N) is 3. The molecule has 0 radical (unpaired) electrons. The summed E-state index contributed by atoms with van der Waals surface area (Å²) in [4.78, 5) is 8.28. The predicted octanol–water partition coefficient (Wildman–Crippen LogP) is 2.58. The van der Waals surface area contributed by atoms with Crippen molar-refractivity contribution < 1.29 is 4.74 Å². The molecule has 8 heteroatoms. The summed E-state index contributed by atoms with van der Waals surface area (Å²) >= 11 is 0. The molecule has 2 fully saturated rings. The lowest BCUT2D eigenvalue weighted by atomic mass is 9.83. The normalized spacial score (nSPS) is 28.7. The second kappa shape index (κ2) is 8.96. The molecule has 2 unspecified atom stereocenters. The van der Waals surface area contributed by atoms with Gasteiger partial charge in [0.25, 0.3) is 0 Å². The van der Waals surface area contributed by atoms with Crippen molar-refractivity contribution in [1.29, 1.82) is 5.26 Å². The van der Waals surface area contributed by atoms with Crippen molar-refractivity contribution in [3.05, 3.63) is 47.4 Å². The quantitative estimate of drug-likeness (QED) is 0.599. The topological polar surface area (TPSA) is 107 Å². The van der Waals surface area contributed by atoms with E-state index in [4.69, 9.17) is 10.00 Å². The van der Waals surface area contributed by atoms with E-state index in [1.54, 1.807) is 13.3 Å². The van der Waals surface area contributed by atoms with Crippen LogP contribution in [0.2, 0.25) is 0 Å². The first kappa shape index (κ1) is 20.5. The summed E-state index contributed by atoms with van der Waals surface area (Å²) in [5, 5.41) is 15.8. The van der Waals surface area contributed by atoms with Crippen molar-refractivity contribution in [1.82, 2.24) is 26.1 Å². The summed E-state index contributed by atoms with van der Waals surface area (Å²) in [5.74, 6) is 2.10. The smallest absolute Gasteiger partial charge is 0.158 e. The number of anilines is 1. The van der Waals surface area contributed by atoms with Crippen LogP contribution in [-0.4, -0.2) is 35.3 Å². The minimum absolute atomic E-state index is 0.00673. The third-order valence-electron chi connectivity index (χ3n) is 5.94. The van der Waals surface area contributed by atoms with Crippen LogP contribution in [0, 0.1) is 11.3 Å². The number of hydrogen-bond donors (Lipinski definition) is 4. The van der Waals surface area contributed by atoms with Crippen LogP contribution < -0.4 is 26.2 Å². The molecular formula is C22H29N7O. The van der Waals surface area contributed by atoms with E-state index in [2.05, 4.69) is 63.5 Å². The Morgan fingerprint density at radius 2 is 1.90 bits per heavy atom. The van der Waals surface area contributed by atoms with Crippen molar-refractivity contribution in [2.75, 3.05) is 12.4 Å². The van der Waals surface area contributed by atoms with E-state index >= 15 is 0 Å². The monoisotopic (exact) mass is 407 g/mol. The molecule has 4 N–H and O–H groups in total. The zero-order valence-corrected chi connectivity index (χ0v) is 17.6. The molecule has 2 aliphatic heterocycles. The zero-order valence-electron chi connectivity index (χ0n) is 17.6. The van der Waals surface area contributed by atoms with Crippen LogP contribution in [0.15, 0.2) is 30.6 Å². The Hall–Kier alpha value is -2.73. The molecule has 0 spiro atoms. The van der Waals surface area contributed by atoms with E-state index in [9.17, 15) is 0 Å². The average molecular weight is 408 g/mol. The molecule has 3 heterocycles. The maximum absolute atomic E-state index is 8.84. The minimum atomic E-state index is -0.00673. The number of nitriles is 1. The summed E-state index contributed by atoms with van der Waals surface area (Å²) in [6.07, 6.45) is 6.14. The van der Waals surface area contributed by atoms with Crippen molar-refractivity contribution in [2.45, 2.75) is 63.3 Å². The lowest BCUT2D eigenvalue weighted by Crippen LogP contribution is -2.41. The molecule has 8 nitrogen and oxygen atoms in total. The van der Waals surface area contributed by atoms with Gasteiger partial charge in [0.2, 0.25) is 0 Å². The maximum Gasteiger partial charge on any atom is 0.158 e. The number of nitrogens with one attached hydrogen (secondary N) is 4. The van der Waals surface area contributed by atoms with Crippen molar-refractivity contribution in [3.63, 3.8) is 0 Å². The predicted molar refractivity (Wildman–Crippen MR) is 115 cm³/mol. The van der Waals surface area contributed by atoms with Crippen molar-refractivity contribution in [3.8, 4) is 11.8 Å². The Kier molecular flexibility index (Phi) is 6.13. The number of rotatable bonds is 5. The van der Waals surface area contributed by atoms with Gasteiger partial charge in [0.1, 0.15) is 17.6 Å². The van der Waals surface area contributed by atoms with Gasteiger partial charge in [0.05, 0.1) is 31.7 Å². The number of benzene rings is 1. The lowest BCUT2D eigenvalue weighted by molar-refractivity contribution is 0.316. The van der Waals surface area contributed by atoms with Crippen LogP contribution >= 0.6 is 0 Å². The molecule has 4 atom stereocenters. The highest BCUT2D eigenvalue weighted by Crippen LogP contribution is 2.36. The van der Waals surface area contributed by atoms with E-state index in [-0.39, 0.29) is 12.2 Å². The molecule has 4 rings (SSSR count). The number of piperidine rings is 1. The number of hydrogen-bond acceptors (Lipinski definition) is 8. The summed E-state index contributed by atoms with van der Waals surface area (Å²) in [7, 11) is 1.74. The molecule has 0 amide bonds. The second-order valence-electron chi connectivity index (χ2n) is 8.31. The molecule has 30 heavy (non-hydrogen) atoms. The van der Waals surface area contributed by atoms with Crippen molar-refractivity contribution in [2.24, 2.45) is 0 Å². The van der Waals surface area contributed by atoms with Crippen molar-refractivity contribution >= 4 is 5.82 Å². The molecule has 1 aromatic heterocycles. The first-order valence-corrected chi connectivity index (χ1v) is 10.5. The SMILES string of the molecule is COc1cc(C2C[C@H](C)N[C@@H](C)C2)ccc1C1CC(Nc2cnc(C#N)cn2)NN1. The Morgan fingerprint density at radius 3 is 2.57 bits per heavy atom. The third kappa shape index (κ3) is 4.54. The molecule has 0 saturated carbocycles. The van der Waals surface area contributed by atoms with Gasteiger partial charge in [-0.05, 0) is 44.2 Å². The molecule has 1 aromatic carbocycles. The van der Waals surface area contributed by atoms with Crippen LogP contribution in [0.25, 0.3) is 0 Å². The van der Waals surface area contributed by atoms with Gasteiger partial charge in [-0.3, -0.25) is 0 Å². The van der Waals surface area contributed by atoms with E-state index in [1.807, 2.05) is 6.07 Å². The molecule has 0 aliphatic carbocycles. The Balaban J connectivity index is 1.44. The number of aromatic nitrogens is 2. The highest BCUT2D eigenvalue weighted by molar-refractivity contribution is 5.42. The van der Waals surface area contributed by atoms with Crippen LogP contribution in [0.1, 0.15) is 61.9 Å². The number of methoxy groups -OCH3 is 1. The van der Waals surface area contributed by atoms with Gasteiger partial charge in [-0.1, -0.05) is 12.1 Å². The zero-order chi connectivity index (χ0) is 21.1. The number of hydrazine groups is 1. The van der Waals surface area contributed by atoms with Crippen LogP contribution in [0.5, 0.6) is 5.75 Å².